The number of aromatic amines is 1. The normalized spacial score (nSPS) is 12.8. The maximum absolute atomic E-state index is 13.0. The third kappa shape index (κ3) is 9.66. The van der Waals surface area contributed by atoms with Gasteiger partial charge in [-0.25, -0.2) is 4.98 Å². The first-order valence-corrected chi connectivity index (χ1v) is 19.8. The molecule has 4 rings (SSSR count). The molecule has 4 aromatic rings. The Kier molecular flexibility index (Phi) is 13.4. The van der Waals surface area contributed by atoms with Crippen LogP contribution < -0.4 is 21.7 Å². The second-order valence-corrected chi connectivity index (χ2v) is 19.0. The first-order chi connectivity index (χ1) is 22.7. The van der Waals surface area contributed by atoms with Crippen molar-refractivity contribution in [3.05, 3.63) is 77.3 Å². The van der Waals surface area contributed by atoms with Gasteiger partial charge in [-0.05, 0) is 23.9 Å². The zero-order valence-electron chi connectivity index (χ0n) is 29.0. The van der Waals surface area contributed by atoms with E-state index in [-0.39, 0.29) is 33.9 Å². The molecular weight excluding hydrogens is 603 g/mol. The van der Waals surface area contributed by atoms with Gasteiger partial charge in [0.1, 0.15) is 8.07 Å². The fourth-order valence-electron chi connectivity index (χ4n) is 7.04. The standard InChI is InChI=1S/C38H55N5O3Si/c1-5-6-7-8-9-10-11-12-19-24-33(44)46-28-30(27-43-29-40-34-35(43)41-37(39)42-36(34)45)25-26-47(38(2,3)4,31-20-15-13-16-21-31)32-22-17-14-18-23-32/h13-18,20-23,29-30H,5-12,19,24-28H2,1-4H3,(H3,39,41,42,45). The Hall–Kier alpha value is -3.72. The van der Waals surface area contributed by atoms with E-state index in [4.69, 9.17) is 10.5 Å². The van der Waals surface area contributed by atoms with Crippen molar-refractivity contribution in [3.8, 4) is 0 Å². The number of ether oxygens (including phenoxy) is 1. The van der Waals surface area contributed by atoms with Gasteiger partial charge in [-0.15, -0.1) is 0 Å². The van der Waals surface area contributed by atoms with Crippen LogP contribution in [0.5, 0.6) is 0 Å². The first-order valence-electron chi connectivity index (χ1n) is 17.6. The average molecular weight is 658 g/mol. The van der Waals surface area contributed by atoms with Crippen LogP contribution in [0.2, 0.25) is 11.1 Å². The number of carbonyl (C=O) groups is 1. The van der Waals surface area contributed by atoms with Crippen molar-refractivity contribution >= 4 is 41.5 Å². The summed E-state index contributed by atoms with van der Waals surface area (Å²) in [5.74, 6) is -0.0957. The third-order valence-corrected chi connectivity index (χ3v) is 15.9. The molecule has 3 N–H and O–H groups in total. The van der Waals surface area contributed by atoms with Gasteiger partial charge in [0.2, 0.25) is 5.95 Å². The fourth-order valence-corrected chi connectivity index (χ4v) is 12.8. The van der Waals surface area contributed by atoms with Gasteiger partial charge in [0, 0.05) is 18.9 Å². The van der Waals surface area contributed by atoms with Gasteiger partial charge >= 0.3 is 5.97 Å². The number of rotatable bonds is 19. The number of unbranched alkanes of at least 4 members (excludes halogenated alkanes) is 8. The molecule has 2 aromatic heterocycles. The molecule has 8 nitrogen and oxygen atoms in total. The molecule has 1 atom stereocenters. The molecule has 0 aliphatic heterocycles. The number of nitrogens with one attached hydrogen (secondary N) is 1. The van der Waals surface area contributed by atoms with Gasteiger partial charge in [-0.3, -0.25) is 14.6 Å². The summed E-state index contributed by atoms with van der Waals surface area (Å²) in [5, 5.41) is 2.81. The summed E-state index contributed by atoms with van der Waals surface area (Å²) >= 11 is 0. The van der Waals surface area contributed by atoms with Gasteiger partial charge in [0.15, 0.2) is 11.2 Å². The molecule has 254 valence electrons. The highest BCUT2D eigenvalue weighted by atomic mass is 28.3. The number of hydrogen-bond acceptors (Lipinski definition) is 6. The first kappa shape index (κ1) is 36.1. The molecule has 0 bridgehead atoms. The Bertz CT molecular complexity index is 1540. The predicted octanol–water partition coefficient (Wildman–Crippen LogP) is 7.24. The van der Waals surface area contributed by atoms with E-state index in [0.717, 1.165) is 25.3 Å². The molecule has 0 fully saturated rings. The van der Waals surface area contributed by atoms with Crippen LogP contribution in [-0.2, 0) is 16.1 Å². The zero-order valence-corrected chi connectivity index (χ0v) is 30.0. The molecule has 0 radical (unpaired) electrons. The van der Waals surface area contributed by atoms with Gasteiger partial charge < -0.3 is 15.0 Å². The fraction of sp³-hybridized carbons (Fsp3) is 0.526. The molecule has 0 aliphatic rings. The Morgan fingerprint density at radius 3 is 2.06 bits per heavy atom. The lowest BCUT2D eigenvalue weighted by Gasteiger charge is -2.45. The number of nitrogen functional groups attached to an aromatic ring is 1. The van der Waals surface area contributed by atoms with Crippen LogP contribution in [0.1, 0.15) is 98.3 Å². The summed E-state index contributed by atoms with van der Waals surface area (Å²) in [6, 6.07) is 22.8. The van der Waals surface area contributed by atoms with Crippen molar-refractivity contribution in [2.45, 2.75) is 116 Å². The van der Waals surface area contributed by atoms with E-state index < -0.39 is 8.07 Å². The molecule has 0 spiro atoms. The number of fused-ring (bicyclic) bond motifs is 1. The molecule has 0 aliphatic carbocycles. The van der Waals surface area contributed by atoms with Crippen molar-refractivity contribution in [1.29, 1.82) is 0 Å². The predicted molar refractivity (Wildman–Crippen MR) is 196 cm³/mol. The third-order valence-electron chi connectivity index (χ3n) is 9.65. The SMILES string of the molecule is CCCCCCCCCCCC(=O)OCC(CC[Si](c1ccccc1)(c1ccccc1)C(C)(C)C)Cn1cnc2c(=O)[nH]c(N)nc21. The lowest BCUT2D eigenvalue weighted by Crippen LogP contribution is -2.64. The van der Waals surface area contributed by atoms with E-state index in [2.05, 4.69) is 103 Å². The largest absolute Gasteiger partial charge is 0.465 e. The number of carbonyl (C=O) groups excluding carboxylic acids is 1. The van der Waals surface area contributed by atoms with Gasteiger partial charge in [0.25, 0.3) is 5.56 Å². The summed E-state index contributed by atoms with van der Waals surface area (Å²) < 4.78 is 7.86. The maximum atomic E-state index is 13.0. The summed E-state index contributed by atoms with van der Waals surface area (Å²) in [5.41, 5.74) is 6.25. The Balaban J connectivity index is 1.51. The molecule has 9 heteroatoms. The van der Waals surface area contributed by atoms with E-state index in [1.807, 2.05) is 4.57 Å². The van der Waals surface area contributed by atoms with Crippen LogP contribution in [-0.4, -0.2) is 40.2 Å². The number of nitrogens with zero attached hydrogens (tertiary/aromatic N) is 3. The van der Waals surface area contributed by atoms with E-state index in [1.54, 1.807) is 6.33 Å². The summed E-state index contributed by atoms with van der Waals surface area (Å²) in [6.07, 6.45) is 13.8. The van der Waals surface area contributed by atoms with Gasteiger partial charge in [-0.1, -0.05) is 150 Å². The Morgan fingerprint density at radius 1 is 0.915 bits per heavy atom. The minimum absolute atomic E-state index is 0.0107. The lowest BCUT2D eigenvalue weighted by atomic mass is 10.1. The van der Waals surface area contributed by atoms with E-state index in [9.17, 15) is 9.59 Å². The number of benzene rings is 2. The van der Waals surface area contributed by atoms with Crippen LogP contribution >= 0.6 is 0 Å². The Labute approximate surface area is 281 Å². The van der Waals surface area contributed by atoms with Crippen LogP contribution in [0.15, 0.2) is 71.8 Å². The van der Waals surface area contributed by atoms with Crippen molar-refractivity contribution < 1.29 is 9.53 Å². The van der Waals surface area contributed by atoms with Crippen LogP contribution in [0, 0.1) is 5.92 Å². The molecule has 2 aromatic carbocycles. The van der Waals surface area contributed by atoms with Crippen molar-refractivity contribution in [1.82, 2.24) is 19.5 Å². The monoisotopic (exact) mass is 657 g/mol. The van der Waals surface area contributed by atoms with Gasteiger partial charge in [-0.2, -0.15) is 4.98 Å². The number of esters is 1. The highest BCUT2D eigenvalue weighted by Crippen LogP contribution is 2.40. The number of H-pyrrole nitrogens is 1. The summed E-state index contributed by atoms with van der Waals surface area (Å²) in [4.78, 5) is 36.7. The van der Waals surface area contributed by atoms with Crippen LogP contribution in [0.4, 0.5) is 5.95 Å². The number of hydrogen-bond donors (Lipinski definition) is 2. The van der Waals surface area contributed by atoms with Crippen molar-refractivity contribution in [3.63, 3.8) is 0 Å². The molecule has 0 saturated carbocycles. The molecular formula is C38H55N5O3Si. The summed E-state index contributed by atoms with van der Waals surface area (Å²) in [7, 11) is -2.34. The number of imidazole rings is 1. The van der Waals surface area contributed by atoms with E-state index in [1.165, 1.54) is 55.3 Å². The van der Waals surface area contributed by atoms with E-state index >= 15 is 0 Å². The van der Waals surface area contributed by atoms with Crippen LogP contribution in [0.3, 0.4) is 0 Å². The number of anilines is 1. The molecule has 0 saturated heterocycles. The van der Waals surface area contributed by atoms with Gasteiger partial charge in [0.05, 0.1) is 12.9 Å². The average Bonchev–Trinajstić information content (AvgIpc) is 3.45. The second kappa shape index (κ2) is 17.4. The summed E-state index contributed by atoms with van der Waals surface area (Å²) in [6.45, 7) is 10.1. The maximum Gasteiger partial charge on any atom is 0.305 e. The minimum Gasteiger partial charge on any atom is -0.465 e. The topological polar surface area (TPSA) is 116 Å². The molecule has 2 heterocycles. The number of nitrogens with two attached hydrogens (primary N) is 1. The Morgan fingerprint density at radius 2 is 1.49 bits per heavy atom. The highest BCUT2D eigenvalue weighted by molar-refractivity contribution is 7.04. The van der Waals surface area contributed by atoms with E-state index in [0.29, 0.717) is 25.2 Å². The lowest BCUT2D eigenvalue weighted by molar-refractivity contribution is -0.145. The quantitative estimate of drug-likeness (QED) is 0.0624. The highest BCUT2D eigenvalue weighted by Gasteiger charge is 2.47. The molecule has 0 amide bonds. The van der Waals surface area contributed by atoms with Crippen molar-refractivity contribution in [2.24, 2.45) is 5.92 Å². The smallest absolute Gasteiger partial charge is 0.305 e. The zero-order chi connectivity index (χ0) is 33.7. The van der Waals surface area contributed by atoms with Crippen molar-refractivity contribution in [2.75, 3.05) is 12.3 Å². The van der Waals surface area contributed by atoms with Crippen LogP contribution in [0.25, 0.3) is 11.2 Å². The molecule has 1 unspecified atom stereocenters. The number of aromatic nitrogens is 4. The second-order valence-electron chi connectivity index (χ2n) is 14.1. The minimum atomic E-state index is -2.34. The molecule has 47 heavy (non-hydrogen) atoms.